The molecule has 0 aliphatic carbocycles. The number of carbonyl (C=O) groups is 1. The zero-order chi connectivity index (χ0) is 15.5. The van der Waals surface area contributed by atoms with Crippen molar-refractivity contribution in [2.45, 2.75) is 13.5 Å². The van der Waals surface area contributed by atoms with Crippen LogP contribution in [0.3, 0.4) is 0 Å². The smallest absolute Gasteiger partial charge is 0.345 e. The number of aryl methyl sites for hydroxylation is 1. The van der Waals surface area contributed by atoms with Gasteiger partial charge in [-0.05, 0) is 24.6 Å². The minimum atomic E-state index is -0.842. The Bertz CT molecular complexity index is 651. The van der Waals surface area contributed by atoms with Gasteiger partial charge in [0.2, 0.25) is 5.95 Å². The maximum atomic E-state index is 11.0. The van der Waals surface area contributed by atoms with Crippen molar-refractivity contribution in [2.24, 2.45) is 0 Å². The van der Waals surface area contributed by atoms with Gasteiger partial charge in [0, 0.05) is 50.0 Å². The number of aromatic nitrogens is 2. The van der Waals surface area contributed by atoms with E-state index in [0.29, 0.717) is 4.88 Å². The molecule has 1 fully saturated rings. The minimum Gasteiger partial charge on any atom is -0.477 e. The topological polar surface area (TPSA) is 69.6 Å². The molecule has 1 saturated heterocycles. The SMILES string of the molecule is Cc1sc(C(=O)O)cc1CN1CCN(c2ncccn2)CC1. The number of hydrogen-bond donors (Lipinski definition) is 1. The number of anilines is 1. The fourth-order valence-corrected chi connectivity index (χ4v) is 3.46. The molecule has 0 bridgehead atoms. The summed E-state index contributed by atoms with van der Waals surface area (Å²) in [6, 6.07) is 3.62. The van der Waals surface area contributed by atoms with Gasteiger partial charge < -0.3 is 10.0 Å². The van der Waals surface area contributed by atoms with Crippen molar-refractivity contribution in [3.63, 3.8) is 0 Å². The molecular weight excluding hydrogens is 300 g/mol. The van der Waals surface area contributed by atoms with Crippen molar-refractivity contribution in [1.82, 2.24) is 14.9 Å². The molecular formula is C15H18N4O2S. The Hall–Kier alpha value is -1.99. The molecule has 3 rings (SSSR count). The highest BCUT2D eigenvalue weighted by molar-refractivity contribution is 7.14. The van der Waals surface area contributed by atoms with Crippen molar-refractivity contribution >= 4 is 23.3 Å². The summed E-state index contributed by atoms with van der Waals surface area (Å²) in [5, 5.41) is 9.07. The average molecular weight is 318 g/mol. The van der Waals surface area contributed by atoms with Crippen molar-refractivity contribution in [1.29, 1.82) is 0 Å². The molecule has 0 aromatic carbocycles. The quantitative estimate of drug-likeness (QED) is 0.928. The molecule has 0 unspecified atom stereocenters. The van der Waals surface area contributed by atoms with Gasteiger partial charge in [-0.1, -0.05) is 0 Å². The second-order valence-electron chi connectivity index (χ2n) is 5.31. The van der Waals surface area contributed by atoms with Crippen LogP contribution in [0.2, 0.25) is 0 Å². The van der Waals surface area contributed by atoms with E-state index in [-0.39, 0.29) is 0 Å². The molecule has 2 aromatic rings. The summed E-state index contributed by atoms with van der Waals surface area (Å²) in [6.07, 6.45) is 3.52. The highest BCUT2D eigenvalue weighted by atomic mass is 32.1. The van der Waals surface area contributed by atoms with E-state index < -0.39 is 5.97 Å². The zero-order valence-corrected chi connectivity index (χ0v) is 13.2. The number of hydrogen-bond acceptors (Lipinski definition) is 6. The zero-order valence-electron chi connectivity index (χ0n) is 12.4. The van der Waals surface area contributed by atoms with E-state index in [4.69, 9.17) is 5.11 Å². The molecule has 1 N–H and O–H groups in total. The number of nitrogens with zero attached hydrogens (tertiary/aromatic N) is 4. The fourth-order valence-electron chi connectivity index (χ4n) is 2.58. The van der Waals surface area contributed by atoms with E-state index in [0.717, 1.165) is 49.1 Å². The van der Waals surface area contributed by atoms with Gasteiger partial charge in [0.15, 0.2) is 0 Å². The van der Waals surface area contributed by atoms with E-state index in [1.165, 1.54) is 11.3 Å². The number of thiophene rings is 1. The Morgan fingerprint density at radius 3 is 2.55 bits per heavy atom. The van der Waals surface area contributed by atoms with Crippen LogP contribution in [-0.4, -0.2) is 52.1 Å². The van der Waals surface area contributed by atoms with Gasteiger partial charge in [-0.3, -0.25) is 4.90 Å². The predicted octanol–water partition coefficient (Wildman–Crippen LogP) is 1.87. The lowest BCUT2D eigenvalue weighted by Crippen LogP contribution is -2.46. The third-order valence-electron chi connectivity index (χ3n) is 3.83. The van der Waals surface area contributed by atoms with Gasteiger partial charge in [-0.2, -0.15) is 0 Å². The Labute approximate surface area is 133 Å². The lowest BCUT2D eigenvalue weighted by Gasteiger charge is -2.34. The van der Waals surface area contributed by atoms with Gasteiger partial charge in [0.25, 0.3) is 0 Å². The molecule has 116 valence electrons. The molecule has 1 aliphatic rings. The van der Waals surface area contributed by atoms with Crippen molar-refractivity contribution in [3.8, 4) is 0 Å². The second kappa shape index (κ2) is 6.41. The molecule has 0 radical (unpaired) electrons. The predicted molar refractivity (Wildman–Crippen MR) is 85.5 cm³/mol. The summed E-state index contributed by atoms with van der Waals surface area (Å²) in [6.45, 7) is 6.42. The van der Waals surface area contributed by atoms with Crippen LogP contribution in [0.15, 0.2) is 24.5 Å². The number of carboxylic acids is 1. The van der Waals surface area contributed by atoms with Crippen LogP contribution < -0.4 is 4.90 Å². The summed E-state index contributed by atoms with van der Waals surface area (Å²) in [5.74, 6) is -0.0626. The first-order chi connectivity index (χ1) is 10.6. The summed E-state index contributed by atoms with van der Waals surface area (Å²) in [5.41, 5.74) is 1.12. The first kappa shape index (κ1) is 14.9. The van der Waals surface area contributed by atoms with E-state index in [2.05, 4.69) is 19.8 Å². The third-order valence-corrected chi connectivity index (χ3v) is 4.91. The van der Waals surface area contributed by atoms with Crippen LogP contribution in [0, 0.1) is 6.92 Å². The number of aromatic carboxylic acids is 1. The molecule has 0 amide bonds. The minimum absolute atomic E-state index is 0.420. The lowest BCUT2D eigenvalue weighted by molar-refractivity contribution is 0.0702. The highest BCUT2D eigenvalue weighted by Crippen LogP contribution is 2.23. The number of piperazine rings is 1. The van der Waals surface area contributed by atoms with Crippen LogP contribution in [-0.2, 0) is 6.54 Å². The highest BCUT2D eigenvalue weighted by Gasteiger charge is 2.20. The molecule has 3 heterocycles. The summed E-state index contributed by atoms with van der Waals surface area (Å²) in [4.78, 5) is 25.6. The lowest BCUT2D eigenvalue weighted by atomic mass is 10.2. The maximum absolute atomic E-state index is 11.0. The normalized spacial score (nSPS) is 16.0. The van der Waals surface area contributed by atoms with Crippen LogP contribution in [0.5, 0.6) is 0 Å². The number of carboxylic acid groups (broad SMARTS) is 1. The van der Waals surface area contributed by atoms with Crippen LogP contribution in [0.25, 0.3) is 0 Å². The third kappa shape index (κ3) is 3.26. The van der Waals surface area contributed by atoms with E-state index >= 15 is 0 Å². The van der Waals surface area contributed by atoms with Crippen molar-refractivity contribution in [2.75, 3.05) is 31.1 Å². The van der Waals surface area contributed by atoms with Crippen LogP contribution >= 0.6 is 11.3 Å². The first-order valence-corrected chi connectivity index (χ1v) is 8.02. The Balaban J connectivity index is 1.59. The van der Waals surface area contributed by atoms with Crippen molar-refractivity contribution in [3.05, 3.63) is 39.8 Å². The molecule has 0 atom stereocenters. The Kier molecular flexibility index (Phi) is 4.35. The molecule has 2 aromatic heterocycles. The molecule has 7 heteroatoms. The monoisotopic (exact) mass is 318 g/mol. The largest absolute Gasteiger partial charge is 0.477 e. The van der Waals surface area contributed by atoms with E-state index in [9.17, 15) is 4.79 Å². The Morgan fingerprint density at radius 2 is 1.95 bits per heavy atom. The van der Waals surface area contributed by atoms with Crippen LogP contribution in [0.1, 0.15) is 20.1 Å². The van der Waals surface area contributed by atoms with Gasteiger partial charge in [-0.15, -0.1) is 11.3 Å². The maximum Gasteiger partial charge on any atom is 0.345 e. The Morgan fingerprint density at radius 1 is 1.27 bits per heavy atom. The summed E-state index contributed by atoms with van der Waals surface area (Å²) >= 11 is 1.35. The molecule has 22 heavy (non-hydrogen) atoms. The van der Waals surface area contributed by atoms with Crippen molar-refractivity contribution < 1.29 is 9.90 Å². The van der Waals surface area contributed by atoms with Gasteiger partial charge >= 0.3 is 5.97 Å². The van der Waals surface area contributed by atoms with Gasteiger partial charge in [0.1, 0.15) is 4.88 Å². The summed E-state index contributed by atoms with van der Waals surface area (Å²) in [7, 11) is 0. The summed E-state index contributed by atoms with van der Waals surface area (Å²) < 4.78 is 0. The first-order valence-electron chi connectivity index (χ1n) is 7.20. The molecule has 1 aliphatic heterocycles. The second-order valence-corrected chi connectivity index (χ2v) is 6.57. The van der Waals surface area contributed by atoms with E-state index in [1.54, 1.807) is 18.5 Å². The molecule has 6 nitrogen and oxygen atoms in total. The average Bonchev–Trinajstić information content (AvgIpc) is 2.90. The standard InChI is InChI=1S/C15H18N4O2S/c1-11-12(9-13(22-11)14(20)21)10-18-5-7-19(8-6-18)15-16-3-2-4-17-15/h2-4,9H,5-8,10H2,1H3,(H,20,21). The van der Waals surface area contributed by atoms with E-state index in [1.807, 2.05) is 13.0 Å². The molecule has 0 saturated carbocycles. The van der Waals surface area contributed by atoms with Gasteiger partial charge in [-0.25, -0.2) is 14.8 Å². The fraction of sp³-hybridized carbons (Fsp3) is 0.400. The van der Waals surface area contributed by atoms with Gasteiger partial charge in [0.05, 0.1) is 0 Å². The number of rotatable bonds is 4. The molecule has 0 spiro atoms. The van der Waals surface area contributed by atoms with Crippen LogP contribution in [0.4, 0.5) is 5.95 Å².